The van der Waals surface area contributed by atoms with Gasteiger partial charge in [-0.25, -0.2) is 0 Å². The van der Waals surface area contributed by atoms with Crippen molar-refractivity contribution in [3.05, 3.63) is 77.4 Å². The molecule has 5 rings (SSSR count). The van der Waals surface area contributed by atoms with Crippen molar-refractivity contribution < 1.29 is 4.79 Å². The summed E-state index contributed by atoms with van der Waals surface area (Å²) in [6.07, 6.45) is 8.05. The third kappa shape index (κ3) is 3.64. The summed E-state index contributed by atoms with van der Waals surface area (Å²) < 4.78 is 0. The highest BCUT2D eigenvalue weighted by molar-refractivity contribution is 5.83. The van der Waals surface area contributed by atoms with Crippen molar-refractivity contribution in [3.63, 3.8) is 0 Å². The standard InChI is InChI=1S/C26H30N2O/c1-19(27-25(29)23-17-22(23)20-7-3-2-4-8-20)18-28-15-13-26(14-16-28)12-11-21-9-5-6-10-24(21)26/h2-12,19,22-23H,13-18H2,1H3,(H,27,29)/t19-,22+,23-/m0/s1. The van der Waals surface area contributed by atoms with Crippen molar-refractivity contribution in [2.75, 3.05) is 19.6 Å². The van der Waals surface area contributed by atoms with E-state index in [9.17, 15) is 4.79 Å². The van der Waals surface area contributed by atoms with Crippen LogP contribution in [0.4, 0.5) is 0 Å². The van der Waals surface area contributed by atoms with E-state index in [1.54, 1.807) is 0 Å². The number of fused-ring (bicyclic) bond motifs is 2. The van der Waals surface area contributed by atoms with Gasteiger partial charge in [0.1, 0.15) is 0 Å². The van der Waals surface area contributed by atoms with Crippen molar-refractivity contribution in [1.82, 2.24) is 10.2 Å². The molecule has 2 fully saturated rings. The van der Waals surface area contributed by atoms with E-state index in [4.69, 9.17) is 0 Å². The van der Waals surface area contributed by atoms with Gasteiger partial charge in [-0.15, -0.1) is 0 Å². The van der Waals surface area contributed by atoms with Crippen LogP contribution >= 0.6 is 0 Å². The maximum absolute atomic E-state index is 12.6. The van der Waals surface area contributed by atoms with Gasteiger partial charge in [0.25, 0.3) is 0 Å². The Morgan fingerprint density at radius 2 is 1.83 bits per heavy atom. The molecule has 0 bridgehead atoms. The van der Waals surface area contributed by atoms with E-state index in [1.165, 1.54) is 29.5 Å². The molecule has 1 aliphatic heterocycles. The fourth-order valence-electron chi connectivity index (χ4n) is 5.34. The number of amides is 1. The summed E-state index contributed by atoms with van der Waals surface area (Å²) in [6.45, 7) is 5.27. The number of rotatable bonds is 5. The fourth-order valence-corrected chi connectivity index (χ4v) is 5.34. The number of nitrogens with zero attached hydrogens (tertiary/aromatic N) is 1. The lowest BCUT2D eigenvalue weighted by molar-refractivity contribution is -0.123. The van der Waals surface area contributed by atoms with Crippen LogP contribution in [0.5, 0.6) is 0 Å². The van der Waals surface area contributed by atoms with Crippen LogP contribution in [0.2, 0.25) is 0 Å². The maximum Gasteiger partial charge on any atom is 0.224 e. The average molecular weight is 387 g/mol. The van der Waals surface area contributed by atoms with Crippen molar-refractivity contribution in [2.24, 2.45) is 5.92 Å². The van der Waals surface area contributed by atoms with Crippen LogP contribution in [0.15, 0.2) is 60.7 Å². The van der Waals surface area contributed by atoms with Gasteiger partial charge in [0.05, 0.1) is 0 Å². The molecule has 29 heavy (non-hydrogen) atoms. The molecule has 0 radical (unpaired) electrons. The molecule has 1 saturated heterocycles. The molecule has 1 amide bonds. The van der Waals surface area contributed by atoms with E-state index in [1.807, 2.05) is 6.07 Å². The number of hydrogen-bond acceptors (Lipinski definition) is 2. The summed E-state index contributed by atoms with van der Waals surface area (Å²) in [6, 6.07) is 19.4. The Kier molecular flexibility index (Phi) is 4.79. The van der Waals surface area contributed by atoms with Crippen LogP contribution in [0.25, 0.3) is 6.08 Å². The van der Waals surface area contributed by atoms with E-state index < -0.39 is 0 Å². The van der Waals surface area contributed by atoms with Crippen molar-refractivity contribution in [1.29, 1.82) is 0 Å². The first kappa shape index (κ1) is 18.6. The van der Waals surface area contributed by atoms with E-state index >= 15 is 0 Å². The number of piperidine rings is 1. The lowest BCUT2D eigenvalue weighted by atomic mass is 9.74. The Balaban J connectivity index is 1.11. The molecular weight excluding hydrogens is 356 g/mol. The zero-order chi connectivity index (χ0) is 19.8. The van der Waals surface area contributed by atoms with Crippen LogP contribution in [0, 0.1) is 5.92 Å². The summed E-state index contributed by atoms with van der Waals surface area (Å²) >= 11 is 0. The summed E-state index contributed by atoms with van der Waals surface area (Å²) in [5.74, 6) is 0.796. The lowest BCUT2D eigenvalue weighted by Crippen LogP contribution is -2.47. The van der Waals surface area contributed by atoms with Crippen LogP contribution in [0.1, 0.15) is 48.8 Å². The zero-order valence-electron chi connectivity index (χ0n) is 17.2. The van der Waals surface area contributed by atoms with Gasteiger partial charge in [0, 0.05) is 23.9 Å². The molecule has 2 aromatic carbocycles. The van der Waals surface area contributed by atoms with Gasteiger partial charge in [-0.3, -0.25) is 4.79 Å². The SMILES string of the molecule is C[C@@H](CN1CCC2(C=Cc3ccccc32)CC1)NC(=O)[C@H]1C[C@@H]1c1ccccc1. The predicted molar refractivity (Wildman–Crippen MR) is 118 cm³/mol. The Bertz CT molecular complexity index is 911. The molecule has 2 aromatic rings. The second kappa shape index (κ2) is 7.46. The number of hydrogen-bond donors (Lipinski definition) is 1. The molecule has 1 spiro atoms. The third-order valence-corrected chi connectivity index (χ3v) is 7.10. The zero-order valence-corrected chi connectivity index (χ0v) is 17.2. The van der Waals surface area contributed by atoms with E-state index in [0.29, 0.717) is 5.92 Å². The Morgan fingerprint density at radius 3 is 2.62 bits per heavy atom. The topological polar surface area (TPSA) is 32.3 Å². The van der Waals surface area contributed by atoms with Gasteiger partial charge >= 0.3 is 0 Å². The third-order valence-electron chi connectivity index (χ3n) is 7.10. The van der Waals surface area contributed by atoms with Gasteiger partial charge in [0.2, 0.25) is 5.91 Å². The highest BCUT2D eigenvalue weighted by Crippen LogP contribution is 2.47. The summed E-state index contributed by atoms with van der Waals surface area (Å²) in [4.78, 5) is 15.2. The van der Waals surface area contributed by atoms with Gasteiger partial charge in [0.15, 0.2) is 0 Å². The highest BCUT2D eigenvalue weighted by Gasteiger charge is 2.44. The maximum atomic E-state index is 12.6. The van der Waals surface area contributed by atoms with E-state index in [-0.39, 0.29) is 23.3 Å². The first-order chi connectivity index (χ1) is 14.1. The van der Waals surface area contributed by atoms with Crippen LogP contribution in [0.3, 0.4) is 0 Å². The van der Waals surface area contributed by atoms with Crippen molar-refractivity contribution in [2.45, 2.75) is 43.6 Å². The molecule has 1 N–H and O–H groups in total. The second-order valence-corrected chi connectivity index (χ2v) is 9.15. The Hall–Kier alpha value is -2.39. The minimum atomic E-state index is 0.157. The minimum absolute atomic E-state index is 0.157. The molecule has 3 heteroatoms. The normalized spacial score (nSPS) is 25.6. The largest absolute Gasteiger partial charge is 0.352 e. The van der Waals surface area contributed by atoms with Gasteiger partial charge in [-0.05, 0) is 61.9 Å². The van der Waals surface area contributed by atoms with Crippen molar-refractivity contribution in [3.8, 4) is 0 Å². The molecule has 3 aliphatic rings. The molecule has 1 saturated carbocycles. The van der Waals surface area contributed by atoms with Crippen LogP contribution in [-0.2, 0) is 10.2 Å². The van der Waals surface area contributed by atoms with Gasteiger partial charge in [-0.2, -0.15) is 0 Å². The van der Waals surface area contributed by atoms with E-state index in [0.717, 1.165) is 26.1 Å². The van der Waals surface area contributed by atoms with Crippen LogP contribution in [-0.4, -0.2) is 36.5 Å². The molecule has 3 nitrogen and oxygen atoms in total. The Labute approximate surface area is 173 Å². The number of benzene rings is 2. The molecule has 2 aliphatic carbocycles. The average Bonchev–Trinajstić information content (AvgIpc) is 3.49. The summed E-state index contributed by atoms with van der Waals surface area (Å²) in [5.41, 5.74) is 4.42. The highest BCUT2D eigenvalue weighted by atomic mass is 16.2. The van der Waals surface area contributed by atoms with Gasteiger partial charge in [-0.1, -0.05) is 66.7 Å². The first-order valence-electron chi connectivity index (χ1n) is 11.0. The Morgan fingerprint density at radius 1 is 1.10 bits per heavy atom. The number of likely N-dealkylation sites (tertiary alicyclic amines) is 1. The molecule has 1 heterocycles. The van der Waals surface area contributed by atoms with Crippen molar-refractivity contribution >= 4 is 12.0 Å². The number of carbonyl (C=O) groups excluding carboxylic acids is 1. The minimum Gasteiger partial charge on any atom is -0.352 e. The fraction of sp³-hybridized carbons (Fsp3) is 0.423. The van der Waals surface area contributed by atoms with Crippen LogP contribution < -0.4 is 5.32 Å². The number of carbonyl (C=O) groups is 1. The quantitative estimate of drug-likeness (QED) is 0.828. The number of allylic oxidation sites excluding steroid dienone is 1. The summed E-state index contributed by atoms with van der Waals surface area (Å²) in [5, 5.41) is 3.27. The molecule has 150 valence electrons. The monoisotopic (exact) mass is 386 g/mol. The molecule has 0 unspecified atom stereocenters. The molecule has 3 atom stereocenters. The van der Waals surface area contributed by atoms with Gasteiger partial charge < -0.3 is 10.2 Å². The number of nitrogens with one attached hydrogen (secondary N) is 1. The smallest absolute Gasteiger partial charge is 0.224 e. The first-order valence-corrected chi connectivity index (χ1v) is 11.0. The molecular formula is C26H30N2O. The summed E-state index contributed by atoms with van der Waals surface area (Å²) in [7, 11) is 0. The molecule has 0 aromatic heterocycles. The lowest BCUT2D eigenvalue weighted by Gasteiger charge is -2.40. The second-order valence-electron chi connectivity index (χ2n) is 9.15. The predicted octanol–water partition coefficient (Wildman–Crippen LogP) is 4.36. The van der Waals surface area contributed by atoms with E-state index in [2.05, 4.69) is 77.8 Å².